The third-order valence-corrected chi connectivity index (χ3v) is 4.02. The van der Waals surface area contributed by atoms with E-state index in [0.717, 1.165) is 31.2 Å². The van der Waals surface area contributed by atoms with Crippen LogP contribution in [-0.4, -0.2) is 6.79 Å². The van der Waals surface area contributed by atoms with E-state index in [1.54, 1.807) is 6.07 Å². The lowest BCUT2D eigenvalue weighted by Gasteiger charge is -2.35. The van der Waals surface area contributed by atoms with Crippen LogP contribution in [-0.2, 0) is 12.2 Å². The Kier molecular flexibility index (Phi) is 2.90. The van der Waals surface area contributed by atoms with E-state index in [9.17, 15) is 4.39 Å². The fourth-order valence-corrected chi connectivity index (χ4v) is 3.01. The monoisotopic (exact) mass is 251 g/mol. The van der Waals surface area contributed by atoms with Gasteiger partial charge in [0.25, 0.3) is 0 Å². The van der Waals surface area contributed by atoms with Gasteiger partial charge in [-0.3, -0.25) is 0 Å². The van der Waals surface area contributed by atoms with Crippen LogP contribution in [0.4, 0.5) is 4.39 Å². The van der Waals surface area contributed by atoms with Gasteiger partial charge in [0.15, 0.2) is 11.5 Å². The Bertz CT molecular complexity index is 455. The molecule has 2 N–H and O–H groups in total. The van der Waals surface area contributed by atoms with Crippen LogP contribution >= 0.6 is 0 Å². The minimum absolute atomic E-state index is 0.210. The zero-order valence-electron chi connectivity index (χ0n) is 10.4. The zero-order valence-corrected chi connectivity index (χ0v) is 10.4. The lowest BCUT2D eigenvalue weighted by atomic mass is 9.76. The van der Waals surface area contributed by atoms with Gasteiger partial charge < -0.3 is 15.2 Å². The Morgan fingerprint density at radius 3 is 2.44 bits per heavy atom. The molecule has 1 aromatic rings. The van der Waals surface area contributed by atoms with Crippen molar-refractivity contribution in [3.8, 4) is 11.5 Å². The van der Waals surface area contributed by atoms with Crippen molar-refractivity contribution < 1.29 is 13.9 Å². The Morgan fingerprint density at radius 1 is 1.11 bits per heavy atom. The predicted molar refractivity (Wildman–Crippen MR) is 66.3 cm³/mol. The summed E-state index contributed by atoms with van der Waals surface area (Å²) in [7, 11) is 0. The van der Waals surface area contributed by atoms with Gasteiger partial charge in [-0.05, 0) is 36.1 Å². The molecule has 0 amide bonds. The van der Waals surface area contributed by atoms with Gasteiger partial charge >= 0.3 is 0 Å². The lowest BCUT2D eigenvalue weighted by molar-refractivity contribution is 0.173. The average Bonchev–Trinajstić information content (AvgIpc) is 2.85. The molecule has 4 heteroatoms. The first-order chi connectivity index (χ1) is 8.73. The van der Waals surface area contributed by atoms with E-state index in [0.29, 0.717) is 17.1 Å². The van der Waals surface area contributed by atoms with Gasteiger partial charge in [-0.1, -0.05) is 19.3 Å². The topological polar surface area (TPSA) is 44.5 Å². The summed E-state index contributed by atoms with van der Waals surface area (Å²) in [6.45, 7) is -0.299. The van der Waals surface area contributed by atoms with Crippen molar-refractivity contribution in [3.63, 3.8) is 0 Å². The predicted octanol–water partition coefficient (Wildman–Crippen LogP) is 3.00. The maximum Gasteiger partial charge on any atom is 0.231 e. The standard InChI is InChI=1S/C14H18FNO2/c15-8-10-6-12-13(18-9-17-12)7-11(10)14(16)4-2-1-3-5-14/h6-7H,1-5,8-9,16H2. The van der Waals surface area contributed by atoms with Crippen molar-refractivity contribution in [1.29, 1.82) is 0 Å². The second kappa shape index (κ2) is 4.43. The number of rotatable bonds is 2. The molecule has 3 nitrogen and oxygen atoms in total. The normalized spacial score (nSPS) is 21.0. The van der Waals surface area contributed by atoms with E-state index < -0.39 is 12.2 Å². The van der Waals surface area contributed by atoms with E-state index in [1.165, 1.54) is 6.42 Å². The number of fused-ring (bicyclic) bond motifs is 1. The van der Waals surface area contributed by atoms with Crippen LogP contribution in [0, 0.1) is 0 Å². The molecule has 0 atom stereocenters. The number of hydrogen-bond donors (Lipinski definition) is 1. The maximum absolute atomic E-state index is 13.2. The summed E-state index contributed by atoms with van der Waals surface area (Å²) >= 11 is 0. The van der Waals surface area contributed by atoms with Gasteiger partial charge in [0, 0.05) is 5.54 Å². The molecular weight excluding hydrogens is 233 g/mol. The van der Waals surface area contributed by atoms with Crippen LogP contribution in [0.5, 0.6) is 11.5 Å². The SMILES string of the molecule is NC1(c2cc3c(cc2CF)OCO3)CCCCC1. The molecule has 1 aliphatic heterocycles. The molecule has 98 valence electrons. The molecule has 1 aromatic carbocycles. The lowest BCUT2D eigenvalue weighted by Crippen LogP contribution is -2.39. The molecule has 2 aliphatic rings. The van der Waals surface area contributed by atoms with E-state index in [2.05, 4.69) is 0 Å². The van der Waals surface area contributed by atoms with Crippen LogP contribution in [0.15, 0.2) is 12.1 Å². The van der Waals surface area contributed by atoms with Gasteiger partial charge in [0.2, 0.25) is 6.79 Å². The first kappa shape index (κ1) is 11.8. The fourth-order valence-electron chi connectivity index (χ4n) is 3.01. The highest BCUT2D eigenvalue weighted by atomic mass is 19.1. The average molecular weight is 251 g/mol. The van der Waals surface area contributed by atoms with Gasteiger partial charge in [-0.25, -0.2) is 4.39 Å². The first-order valence-corrected chi connectivity index (χ1v) is 6.51. The zero-order chi connectivity index (χ0) is 12.6. The van der Waals surface area contributed by atoms with Gasteiger partial charge in [-0.2, -0.15) is 0 Å². The van der Waals surface area contributed by atoms with E-state index in [1.807, 2.05) is 6.07 Å². The summed E-state index contributed by atoms with van der Waals surface area (Å²) < 4.78 is 23.9. The molecule has 3 rings (SSSR count). The van der Waals surface area contributed by atoms with Crippen LogP contribution in [0.25, 0.3) is 0 Å². The highest BCUT2D eigenvalue weighted by Gasteiger charge is 2.33. The van der Waals surface area contributed by atoms with Crippen LogP contribution in [0.2, 0.25) is 0 Å². The van der Waals surface area contributed by atoms with Crippen LogP contribution in [0.1, 0.15) is 43.2 Å². The summed E-state index contributed by atoms with van der Waals surface area (Å²) in [5.74, 6) is 1.32. The summed E-state index contributed by atoms with van der Waals surface area (Å²) in [4.78, 5) is 0. The molecule has 0 radical (unpaired) electrons. The van der Waals surface area contributed by atoms with Gasteiger partial charge in [0.1, 0.15) is 6.67 Å². The summed E-state index contributed by atoms with van der Waals surface area (Å²) in [6.07, 6.45) is 5.26. The van der Waals surface area contributed by atoms with Crippen molar-refractivity contribution >= 4 is 0 Å². The van der Waals surface area contributed by atoms with Gasteiger partial charge in [-0.15, -0.1) is 0 Å². The van der Waals surface area contributed by atoms with Crippen LogP contribution in [0.3, 0.4) is 0 Å². The number of hydrogen-bond acceptors (Lipinski definition) is 3. The minimum Gasteiger partial charge on any atom is -0.454 e. The Hall–Kier alpha value is -1.29. The van der Waals surface area contributed by atoms with Crippen molar-refractivity contribution in [2.24, 2.45) is 5.73 Å². The molecule has 0 unspecified atom stereocenters. The smallest absolute Gasteiger partial charge is 0.231 e. The van der Waals surface area contributed by atoms with Crippen molar-refractivity contribution in [3.05, 3.63) is 23.3 Å². The number of ether oxygens (including phenoxy) is 2. The number of benzene rings is 1. The molecule has 1 aliphatic carbocycles. The summed E-state index contributed by atoms with van der Waals surface area (Å²) in [5.41, 5.74) is 7.63. The molecule has 18 heavy (non-hydrogen) atoms. The molecule has 1 saturated carbocycles. The van der Waals surface area contributed by atoms with Crippen LogP contribution < -0.4 is 15.2 Å². The van der Waals surface area contributed by atoms with E-state index in [4.69, 9.17) is 15.2 Å². The second-order valence-corrected chi connectivity index (χ2v) is 5.21. The number of alkyl halides is 1. The molecule has 0 saturated heterocycles. The van der Waals surface area contributed by atoms with Crippen molar-refractivity contribution in [2.75, 3.05) is 6.79 Å². The molecule has 1 heterocycles. The van der Waals surface area contributed by atoms with Crippen molar-refractivity contribution in [1.82, 2.24) is 0 Å². The summed E-state index contributed by atoms with van der Waals surface area (Å²) in [6, 6.07) is 3.61. The molecule has 1 fully saturated rings. The number of nitrogens with two attached hydrogens (primary N) is 1. The molecular formula is C14H18FNO2. The highest BCUT2D eigenvalue weighted by Crippen LogP contribution is 2.42. The Morgan fingerprint density at radius 2 is 1.78 bits per heavy atom. The fraction of sp³-hybridized carbons (Fsp3) is 0.571. The third kappa shape index (κ3) is 1.85. The molecule has 0 bridgehead atoms. The third-order valence-electron chi connectivity index (χ3n) is 4.02. The molecule has 0 aromatic heterocycles. The highest BCUT2D eigenvalue weighted by molar-refractivity contribution is 5.50. The minimum atomic E-state index is -0.509. The molecule has 0 spiro atoms. The number of halogens is 1. The second-order valence-electron chi connectivity index (χ2n) is 5.21. The first-order valence-electron chi connectivity index (χ1n) is 6.51. The van der Waals surface area contributed by atoms with Crippen molar-refractivity contribution in [2.45, 2.75) is 44.3 Å². The van der Waals surface area contributed by atoms with E-state index in [-0.39, 0.29) is 6.79 Å². The quantitative estimate of drug-likeness (QED) is 0.878. The Balaban J connectivity index is 2.04. The maximum atomic E-state index is 13.2. The summed E-state index contributed by atoms with van der Waals surface area (Å²) in [5, 5.41) is 0. The van der Waals surface area contributed by atoms with Gasteiger partial charge in [0.05, 0.1) is 0 Å². The Labute approximate surface area is 106 Å². The largest absolute Gasteiger partial charge is 0.454 e. The van der Waals surface area contributed by atoms with E-state index >= 15 is 0 Å².